The quantitative estimate of drug-likeness (QED) is 0.0615. The van der Waals surface area contributed by atoms with Gasteiger partial charge < -0.3 is 54.5 Å². The van der Waals surface area contributed by atoms with E-state index in [0.29, 0.717) is 70.8 Å². The third-order valence-electron chi connectivity index (χ3n) is 11.6. The summed E-state index contributed by atoms with van der Waals surface area (Å²) in [7, 11) is 1.63. The van der Waals surface area contributed by atoms with E-state index in [2.05, 4.69) is 20.6 Å². The number of aromatic nitrogens is 2. The number of nitrogens with two attached hydrogens (primary N) is 1. The van der Waals surface area contributed by atoms with Crippen molar-refractivity contribution in [2.24, 2.45) is 5.73 Å². The van der Waals surface area contributed by atoms with Crippen molar-refractivity contribution >= 4 is 69.8 Å². The zero-order chi connectivity index (χ0) is 49.9. The minimum Gasteiger partial charge on any atom is -0.507 e. The number of fused-ring (bicyclic) bond motifs is 2. The number of imide groups is 2. The molecule has 3 aliphatic rings. The standard InChI is InChI=1S/C46H52ClF2N9O12/c1-55(15-16-66-17-18-67-19-20-68-21-22-69-23-24-70-27-5-6-28-29(25-27)44(64)58(43(28)63)33-7-8-35(60)52-42(33)62)36(61)9-10-51-46-53-40-30(41(54-46)56-11-13-57(14-12-56)45(50)65)26-31(47)37(39(40)49)38-32(48)3-2-4-34(38)59/h2-6,25-26,33,59H,7-24H2,1H3,(H2,50,65)(H,51,53,54)(H,52,60,62). The van der Waals surface area contributed by atoms with Gasteiger partial charge in [-0.15, -0.1) is 0 Å². The van der Waals surface area contributed by atoms with Gasteiger partial charge >= 0.3 is 6.03 Å². The van der Waals surface area contributed by atoms with E-state index in [9.17, 15) is 38.3 Å². The molecule has 0 bridgehead atoms. The number of rotatable bonds is 23. The number of hydrogen-bond donors (Lipinski definition) is 4. The van der Waals surface area contributed by atoms with Crippen LogP contribution in [0, 0.1) is 11.6 Å². The van der Waals surface area contributed by atoms with Crippen LogP contribution in [0.25, 0.3) is 22.0 Å². The van der Waals surface area contributed by atoms with E-state index in [0.717, 1.165) is 11.0 Å². The molecule has 2 saturated heterocycles. The second kappa shape index (κ2) is 23.7. The number of primary amides is 1. The molecule has 1 aromatic heterocycles. The normalized spacial score (nSPS) is 15.9. The fourth-order valence-corrected chi connectivity index (χ4v) is 8.23. The van der Waals surface area contributed by atoms with Crippen molar-refractivity contribution in [1.82, 2.24) is 30.0 Å². The molecule has 7 amide bonds. The SMILES string of the molecule is CN(CCOCCOCCOCCOCCOc1ccc2c(c1)C(=O)N(C1CCC(=O)NC1=O)C2=O)C(=O)CCNc1nc(N2CCN(C(N)=O)CC2)c2cc(Cl)c(-c3c(O)cccc3F)c(F)c2n1. The average Bonchev–Trinajstić information content (AvgIpc) is 3.58. The van der Waals surface area contributed by atoms with Crippen molar-refractivity contribution in [3.63, 3.8) is 0 Å². The molecule has 2 fully saturated rings. The van der Waals surface area contributed by atoms with Crippen LogP contribution >= 0.6 is 11.6 Å². The predicted octanol–water partition coefficient (Wildman–Crippen LogP) is 2.94. The molecule has 24 heteroatoms. The number of anilines is 2. The van der Waals surface area contributed by atoms with Gasteiger partial charge in [0.1, 0.15) is 41.3 Å². The van der Waals surface area contributed by atoms with Crippen molar-refractivity contribution in [3.8, 4) is 22.6 Å². The predicted molar refractivity (Wildman–Crippen MR) is 248 cm³/mol. The highest BCUT2D eigenvalue weighted by atomic mass is 35.5. The number of benzene rings is 3. The van der Waals surface area contributed by atoms with Gasteiger partial charge in [0.15, 0.2) is 5.82 Å². The molecule has 70 heavy (non-hydrogen) atoms. The first-order valence-corrected chi connectivity index (χ1v) is 22.9. The van der Waals surface area contributed by atoms with Crippen molar-refractivity contribution in [2.45, 2.75) is 25.3 Å². The number of ether oxygens (including phenoxy) is 5. The number of halogens is 3. The lowest BCUT2D eigenvalue weighted by atomic mass is 10.0. The Hall–Kier alpha value is -6.79. The Labute approximate surface area is 405 Å². The Kier molecular flexibility index (Phi) is 17.3. The highest BCUT2D eigenvalue weighted by Crippen LogP contribution is 2.42. The molecule has 21 nitrogen and oxygen atoms in total. The smallest absolute Gasteiger partial charge is 0.314 e. The molecule has 3 aromatic carbocycles. The molecule has 0 saturated carbocycles. The number of piperazine rings is 1. The zero-order valence-corrected chi connectivity index (χ0v) is 38.9. The van der Waals surface area contributed by atoms with Crippen LogP contribution in [0.5, 0.6) is 11.5 Å². The Morgan fingerprint density at radius 1 is 0.871 bits per heavy atom. The molecule has 0 spiro atoms. The van der Waals surface area contributed by atoms with Gasteiger partial charge in [-0.1, -0.05) is 17.7 Å². The van der Waals surface area contributed by atoms with Gasteiger partial charge in [-0.2, -0.15) is 4.98 Å². The summed E-state index contributed by atoms with van der Waals surface area (Å²) in [6.07, 6.45) is 0.134. The van der Waals surface area contributed by atoms with Crippen LogP contribution in [-0.2, 0) is 33.3 Å². The Morgan fingerprint density at radius 3 is 2.19 bits per heavy atom. The molecule has 1 unspecified atom stereocenters. The number of phenolic OH excluding ortho intramolecular Hbond substituents is 1. The topological polar surface area (TPSA) is 258 Å². The molecule has 5 N–H and O–H groups in total. The number of nitrogens with one attached hydrogen (secondary N) is 2. The van der Waals surface area contributed by atoms with Crippen LogP contribution in [0.2, 0.25) is 5.02 Å². The highest BCUT2D eigenvalue weighted by molar-refractivity contribution is 6.34. The van der Waals surface area contributed by atoms with Crippen LogP contribution in [0.1, 0.15) is 40.0 Å². The second-order valence-corrected chi connectivity index (χ2v) is 16.6. The van der Waals surface area contributed by atoms with E-state index in [1.54, 1.807) is 13.1 Å². The number of phenols is 1. The first-order chi connectivity index (χ1) is 33.7. The van der Waals surface area contributed by atoms with Gasteiger partial charge in [0.25, 0.3) is 11.8 Å². The zero-order valence-electron chi connectivity index (χ0n) is 38.2. The molecule has 3 aliphatic heterocycles. The summed E-state index contributed by atoms with van der Waals surface area (Å²) < 4.78 is 59.2. The van der Waals surface area contributed by atoms with E-state index in [4.69, 9.17) is 41.0 Å². The molecule has 0 radical (unpaired) electrons. The Morgan fingerprint density at radius 2 is 1.53 bits per heavy atom. The van der Waals surface area contributed by atoms with Gasteiger partial charge in [-0.05, 0) is 42.8 Å². The third kappa shape index (κ3) is 12.1. The second-order valence-electron chi connectivity index (χ2n) is 16.2. The number of carbonyl (C=O) groups is 6. The first-order valence-electron chi connectivity index (χ1n) is 22.5. The van der Waals surface area contributed by atoms with Crippen molar-refractivity contribution < 1.29 is 66.3 Å². The summed E-state index contributed by atoms with van der Waals surface area (Å²) >= 11 is 6.53. The van der Waals surface area contributed by atoms with Gasteiger partial charge in [-0.3, -0.25) is 34.2 Å². The maximum Gasteiger partial charge on any atom is 0.314 e. The summed E-state index contributed by atoms with van der Waals surface area (Å²) in [5, 5.41) is 15.7. The third-order valence-corrected chi connectivity index (χ3v) is 11.9. The van der Waals surface area contributed by atoms with Crippen molar-refractivity contribution in [3.05, 3.63) is 70.2 Å². The Balaban J connectivity index is 0.758. The van der Waals surface area contributed by atoms with Crippen molar-refractivity contribution in [1.29, 1.82) is 0 Å². The molecular formula is C46H52ClF2N9O12. The van der Waals surface area contributed by atoms with Gasteiger partial charge in [0.2, 0.25) is 23.7 Å². The van der Waals surface area contributed by atoms with Crippen LogP contribution in [0.3, 0.4) is 0 Å². The average molecular weight is 996 g/mol. The fourth-order valence-electron chi connectivity index (χ4n) is 7.95. The van der Waals surface area contributed by atoms with Gasteiger partial charge in [0.05, 0.1) is 74.6 Å². The largest absolute Gasteiger partial charge is 0.507 e. The first kappa shape index (κ1) is 51.1. The van der Waals surface area contributed by atoms with E-state index in [1.165, 1.54) is 40.1 Å². The Bertz CT molecular complexity index is 2600. The molecule has 374 valence electrons. The summed E-state index contributed by atoms with van der Waals surface area (Å²) in [6, 6.07) is 7.83. The molecule has 0 aliphatic carbocycles. The lowest BCUT2D eigenvalue weighted by molar-refractivity contribution is -0.136. The van der Waals surface area contributed by atoms with E-state index >= 15 is 4.39 Å². The van der Waals surface area contributed by atoms with Gasteiger partial charge in [-0.25, -0.2) is 18.6 Å². The van der Waals surface area contributed by atoms with Crippen LogP contribution in [0.4, 0.5) is 25.3 Å². The molecule has 1 atom stereocenters. The van der Waals surface area contributed by atoms with E-state index in [-0.39, 0.29) is 103 Å². The van der Waals surface area contributed by atoms with E-state index in [1.807, 2.05) is 4.90 Å². The molecule has 4 aromatic rings. The minimum atomic E-state index is -1.05. The van der Waals surface area contributed by atoms with Crippen LogP contribution < -0.4 is 26.0 Å². The number of carbonyl (C=O) groups excluding carboxylic acids is 6. The minimum absolute atomic E-state index is 0.0109. The molecule has 7 rings (SSSR count). The lowest BCUT2D eigenvalue weighted by Gasteiger charge is -2.35. The number of nitrogens with zero attached hydrogens (tertiary/aromatic N) is 6. The summed E-state index contributed by atoms with van der Waals surface area (Å²) in [4.78, 5) is 89.1. The number of piperidine rings is 1. The maximum absolute atomic E-state index is 16.4. The number of hydrogen-bond acceptors (Lipinski definition) is 16. The number of likely N-dealkylation sites (N-methyl/N-ethyl adjacent to an activating group) is 1. The summed E-state index contributed by atoms with van der Waals surface area (Å²) in [5.41, 5.74) is 4.75. The van der Waals surface area contributed by atoms with Crippen molar-refractivity contribution in [2.75, 3.05) is 116 Å². The molecular weight excluding hydrogens is 944 g/mol. The number of urea groups is 1. The highest BCUT2D eigenvalue weighted by Gasteiger charge is 2.44. The summed E-state index contributed by atoms with van der Waals surface area (Å²) in [5.74, 6) is -4.29. The van der Waals surface area contributed by atoms with E-state index < -0.39 is 58.6 Å². The molecule has 4 heterocycles. The lowest BCUT2D eigenvalue weighted by Crippen LogP contribution is -2.54. The number of amides is 7. The van der Waals surface area contributed by atoms with Gasteiger partial charge in [0, 0.05) is 70.1 Å². The van der Waals surface area contributed by atoms with Crippen LogP contribution in [0.15, 0.2) is 42.5 Å². The summed E-state index contributed by atoms with van der Waals surface area (Å²) in [6.45, 7) is 4.08. The monoisotopic (exact) mass is 995 g/mol. The van der Waals surface area contributed by atoms with Crippen LogP contribution in [-0.4, -0.2) is 177 Å². The number of aromatic hydroxyl groups is 1. The fraction of sp³-hybridized carbons (Fsp3) is 0.435. The maximum atomic E-state index is 16.4.